The monoisotopic (exact) mass is 273 g/mol. The van der Waals surface area contributed by atoms with Crippen LogP contribution in [-0.2, 0) is 4.79 Å². The van der Waals surface area contributed by atoms with E-state index in [9.17, 15) is 9.90 Å². The van der Waals surface area contributed by atoms with Gasteiger partial charge in [0.2, 0.25) is 0 Å². The van der Waals surface area contributed by atoms with E-state index in [0.717, 1.165) is 6.54 Å². The fourth-order valence-electron chi connectivity index (χ4n) is 1.70. The highest BCUT2D eigenvalue weighted by Crippen LogP contribution is 2.29. The predicted molar refractivity (Wildman–Crippen MR) is 67.6 cm³/mol. The molecule has 92 valence electrons. The average Bonchev–Trinajstić information content (AvgIpc) is 2.99. The Balaban J connectivity index is 2.14. The Hall–Kier alpha value is -0.770. The van der Waals surface area contributed by atoms with Gasteiger partial charge in [0.1, 0.15) is 6.04 Å². The van der Waals surface area contributed by atoms with Gasteiger partial charge in [0.25, 0.3) is 0 Å². The summed E-state index contributed by atoms with van der Waals surface area (Å²) in [6.45, 7) is 0.723. The number of carboxylic acids is 1. The van der Waals surface area contributed by atoms with Crippen molar-refractivity contribution in [3.63, 3.8) is 0 Å². The normalized spacial score (nSPS) is 16.8. The Morgan fingerprint density at radius 1 is 1.35 bits per heavy atom. The minimum atomic E-state index is -0.913. The molecular formula is C12H13Cl2NO2. The molecule has 0 saturated heterocycles. The summed E-state index contributed by atoms with van der Waals surface area (Å²) in [5.74, 6) is -0.296. The fourth-order valence-corrected chi connectivity index (χ4v) is 2.24. The Kier molecular flexibility index (Phi) is 3.92. The van der Waals surface area contributed by atoms with Gasteiger partial charge in [0, 0.05) is 10.0 Å². The van der Waals surface area contributed by atoms with E-state index in [4.69, 9.17) is 23.2 Å². The molecule has 1 atom stereocenters. The number of rotatable bonds is 5. The smallest absolute Gasteiger partial charge is 0.325 e. The molecule has 1 unspecified atom stereocenters. The van der Waals surface area contributed by atoms with Crippen LogP contribution in [0.4, 0.5) is 0 Å². The van der Waals surface area contributed by atoms with Crippen molar-refractivity contribution in [3.8, 4) is 0 Å². The summed E-state index contributed by atoms with van der Waals surface area (Å²) < 4.78 is 0. The molecule has 0 amide bonds. The van der Waals surface area contributed by atoms with Gasteiger partial charge in [-0.3, -0.25) is 4.79 Å². The average molecular weight is 274 g/mol. The maximum absolute atomic E-state index is 11.2. The second-order valence-electron chi connectivity index (χ2n) is 4.33. The minimum Gasteiger partial charge on any atom is -0.480 e. The number of hydrogen-bond acceptors (Lipinski definition) is 2. The van der Waals surface area contributed by atoms with E-state index >= 15 is 0 Å². The summed E-state index contributed by atoms with van der Waals surface area (Å²) >= 11 is 11.7. The summed E-state index contributed by atoms with van der Waals surface area (Å²) in [6, 6.07) is 4.11. The van der Waals surface area contributed by atoms with Crippen LogP contribution >= 0.6 is 23.2 Å². The maximum Gasteiger partial charge on any atom is 0.325 e. The number of halogens is 2. The van der Waals surface area contributed by atoms with Crippen LogP contribution in [-0.4, -0.2) is 17.6 Å². The van der Waals surface area contributed by atoms with Crippen LogP contribution in [0.15, 0.2) is 18.2 Å². The molecule has 0 aromatic heterocycles. The van der Waals surface area contributed by atoms with Crippen molar-refractivity contribution in [2.75, 3.05) is 6.54 Å². The summed E-state index contributed by atoms with van der Waals surface area (Å²) in [5.41, 5.74) is 0.593. The molecule has 1 aromatic carbocycles. The second-order valence-corrected chi connectivity index (χ2v) is 5.20. The van der Waals surface area contributed by atoms with Crippen LogP contribution in [0.3, 0.4) is 0 Å². The third kappa shape index (κ3) is 3.60. The van der Waals surface area contributed by atoms with Crippen molar-refractivity contribution in [3.05, 3.63) is 33.8 Å². The van der Waals surface area contributed by atoms with E-state index in [-0.39, 0.29) is 0 Å². The molecular weight excluding hydrogens is 261 g/mol. The molecule has 1 aliphatic carbocycles. The Bertz CT molecular complexity index is 412. The van der Waals surface area contributed by atoms with E-state index in [0.29, 0.717) is 21.5 Å². The van der Waals surface area contributed by atoms with Crippen molar-refractivity contribution in [2.45, 2.75) is 18.9 Å². The third-order valence-electron chi connectivity index (χ3n) is 2.77. The molecule has 0 spiro atoms. The first-order valence-corrected chi connectivity index (χ1v) is 6.24. The second kappa shape index (κ2) is 5.25. The van der Waals surface area contributed by atoms with E-state index < -0.39 is 12.0 Å². The highest BCUT2D eigenvalue weighted by Gasteiger charge is 2.26. The molecule has 0 aliphatic heterocycles. The maximum atomic E-state index is 11.2. The van der Waals surface area contributed by atoms with Crippen LogP contribution < -0.4 is 5.32 Å². The predicted octanol–water partition coefficient (Wildman–Crippen LogP) is 3.12. The van der Waals surface area contributed by atoms with E-state index in [1.165, 1.54) is 12.8 Å². The van der Waals surface area contributed by atoms with Gasteiger partial charge < -0.3 is 10.4 Å². The molecule has 0 radical (unpaired) electrons. The van der Waals surface area contributed by atoms with Crippen molar-refractivity contribution < 1.29 is 9.90 Å². The zero-order chi connectivity index (χ0) is 12.4. The number of carbonyl (C=O) groups is 1. The Morgan fingerprint density at radius 2 is 1.94 bits per heavy atom. The largest absolute Gasteiger partial charge is 0.480 e. The lowest BCUT2D eigenvalue weighted by molar-refractivity contribution is -0.139. The summed E-state index contributed by atoms with van der Waals surface area (Å²) in [7, 11) is 0. The molecule has 1 aliphatic rings. The molecule has 17 heavy (non-hydrogen) atoms. The number of carboxylic acid groups (broad SMARTS) is 1. The van der Waals surface area contributed by atoms with E-state index in [1.807, 2.05) is 0 Å². The number of aliphatic carboxylic acids is 1. The van der Waals surface area contributed by atoms with Gasteiger partial charge in [-0.1, -0.05) is 23.2 Å². The SMILES string of the molecule is O=C(O)C(NCC1CC1)c1cc(Cl)cc(Cl)c1. The molecule has 2 N–H and O–H groups in total. The number of nitrogens with one attached hydrogen (secondary N) is 1. The fraction of sp³-hybridized carbons (Fsp3) is 0.417. The summed E-state index contributed by atoms with van der Waals surface area (Å²) in [6.07, 6.45) is 2.35. The van der Waals surface area contributed by atoms with Crippen molar-refractivity contribution in [2.24, 2.45) is 5.92 Å². The lowest BCUT2D eigenvalue weighted by Crippen LogP contribution is -2.30. The van der Waals surface area contributed by atoms with Crippen molar-refractivity contribution in [1.29, 1.82) is 0 Å². The minimum absolute atomic E-state index is 0.451. The van der Waals surface area contributed by atoms with Crippen LogP contribution in [0.2, 0.25) is 10.0 Å². The molecule has 2 rings (SSSR count). The molecule has 0 heterocycles. The lowest BCUT2D eigenvalue weighted by atomic mass is 10.1. The van der Waals surface area contributed by atoms with Gasteiger partial charge in [-0.15, -0.1) is 0 Å². The molecule has 1 fully saturated rings. The highest BCUT2D eigenvalue weighted by atomic mass is 35.5. The van der Waals surface area contributed by atoms with E-state index in [2.05, 4.69) is 5.32 Å². The Labute approximate surface area is 110 Å². The first kappa shape index (κ1) is 12.7. The molecule has 3 nitrogen and oxygen atoms in total. The van der Waals surface area contributed by atoms with Gasteiger partial charge in [0.05, 0.1) is 0 Å². The van der Waals surface area contributed by atoms with Crippen LogP contribution in [0.1, 0.15) is 24.4 Å². The number of hydrogen-bond donors (Lipinski definition) is 2. The molecule has 0 bridgehead atoms. The zero-order valence-corrected chi connectivity index (χ0v) is 10.6. The summed E-state index contributed by atoms with van der Waals surface area (Å²) in [4.78, 5) is 11.2. The van der Waals surface area contributed by atoms with Crippen LogP contribution in [0.5, 0.6) is 0 Å². The lowest BCUT2D eigenvalue weighted by Gasteiger charge is -2.15. The van der Waals surface area contributed by atoms with Gasteiger partial charge in [0.15, 0.2) is 0 Å². The third-order valence-corrected chi connectivity index (χ3v) is 3.21. The van der Waals surface area contributed by atoms with Crippen molar-refractivity contribution >= 4 is 29.2 Å². The molecule has 5 heteroatoms. The van der Waals surface area contributed by atoms with Crippen LogP contribution in [0, 0.1) is 5.92 Å². The first-order valence-electron chi connectivity index (χ1n) is 5.48. The summed E-state index contributed by atoms with van der Waals surface area (Å²) in [5, 5.41) is 13.1. The van der Waals surface area contributed by atoms with Gasteiger partial charge in [-0.05, 0) is 49.1 Å². The Morgan fingerprint density at radius 3 is 2.41 bits per heavy atom. The quantitative estimate of drug-likeness (QED) is 0.867. The first-order chi connectivity index (χ1) is 8.06. The van der Waals surface area contributed by atoms with E-state index in [1.54, 1.807) is 18.2 Å². The van der Waals surface area contributed by atoms with Gasteiger partial charge in [-0.25, -0.2) is 0 Å². The van der Waals surface area contributed by atoms with Crippen LogP contribution in [0.25, 0.3) is 0 Å². The standard InChI is InChI=1S/C12H13Cl2NO2/c13-9-3-8(4-10(14)5-9)11(12(16)17)15-6-7-1-2-7/h3-5,7,11,15H,1-2,6H2,(H,16,17). The van der Waals surface area contributed by atoms with Gasteiger partial charge >= 0.3 is 5.97 Å². The van der Waals surface area contributed by atoms with Gasteiger partial charge in [-0.2, -0.15) is 0 Å². The topological polar surface area (TPSA) is 49.3 Å². The molecule has 1 aromatic rings. The molecule has 1 saturated carbocycles. The van der Waals surface area contributed by atoms with Crippen molar-refractivity contribution in [1.82, 2.24) is 5.32 Å². The zero-order valence-electron chi connectivity index (χ0n) is 9.12. The highest BCUT2D eigenvalue weighted by molar-refractivity contribution is 6.34. The number of benzene rings is 1.